The Kier molecular flexibility index (Phi) is 7.56. The number of nitrogens with one attached hydrogen (secondary N) is 1. The van der Waals surface area contributed by atoms with Gasteiger partial charge in [0.05, 0.1) is 18.4 Å². The topological polar surface area (TPSA) is 71.3 Å². The smallest absolute Gasteiger partial charge is 0.256 e. The molecule has 0 aromatic heterocycles. The monoisotopic (exact) mass is 318 g/mol. The molecule has 1 unspecified atom stereocenters. The van der Waals surface area contributed by atoms with Crippen molar-refractivity contribution >= 4 is 11.6 Å². The molecule has 0 aliphatic heterocycles. The first-order valence-corrected chi connectivity index (χ1v) is 8.04. The summed E-state index contributed by atoms with van der Waals surface area (Å²) in [6.07, 6.45) is 3.39. The Morgan fingerprint density at radius 1 is 1.35 bits per heavy atom. The second-order valence-electron chi connectivity index (χ2n) is 5.66. The lowest BCUT2D eigenvalue weighted by atomic mass is 9.97. The minimum Gasteiger partial charge on any atom is -0.497 e. The first-order valence-electron chi connectivity index (χ1n) is 8.04. The van der Waals surface area contributed by atoms with E-state index in [9.17, 15) is 10.1 Å². The van der Waals surface area contributed by atoms with Gasteiger partial charge >= 0.3 is 0 Å². The fraction of sp³-hybridized carbons (Fsp3) is 0.556. The third-order valence-corrected chi connectivity index (χ3v) is 3.71. The molecule has 1 rings (SSSR count). The summed E-state index contributed by atoms with van der Waals surface area (Å²) in [4.78, 5) is 12.7. The summed E-state index contributed by atoms with van der Waals surface area (Å²) in [5, 5.41) is 12.1. The van der Waals surface area contributed by atoms with Gasteiger partial charge in [-0.2, -0.15) is 5.26 Å². The summed E-state index contributed by atoms with van der Waals surface area (Å²) >= 11 is 0. The van der Waals surface area contributed by atoms with Crippen molar-refractivity contribution in [3.63, 3.8) is 0 Å². The van der Waals surface area contributed by atoms with Crippen LogP contribution in [0.4, 0.5) is 5.69 Å². The van der Waals surface area contributed by atoms with E-state index in [-0.39, 0.29) is 5.91 Å². The molecule has 0 spiro atoms. The van der Waals surface area contributed by atoms with E-state index in [0.29, 0.717) is 30.0 Å². The molecule has 0 aliphatic rings. The molecule has 126 valence electrons. The largest absolute Gasteiger partial charge is 0.497 e. The molecule has 0 saturated heterocycles. The van der Waals surface area contributed by atoms with E-state index in [1.54, 1.807) is 18.2 Å². The Morgan fingerprint density at radius 3 is 2.65 bits per heavy atom. The van der Waals surface area contributed by atoms with Gasteiger partial charge < -0.3 is 14.8 Å². The number of carbonyl (C=O) groups excluding carboxylic acids is 1. The van der Waals surface area contributed by atoms with Crippen LogP contribution in [0, 0.1) is 11.3 Å². The van der Waals surface area contributed by atoms with Gasteiger partial charge in [0, 0.05) is 6.61 Å². The summed E-state index contributed by atoms with van der Waals surface area (Å²) in [5.41, 5.74) is -0.0502. The number of amides is 1. The normalized spacial score (nSPS) is 13.0. The lowest BCUT2D eigenvalue weighted by Crippen LogP contribution is -2.43. The van der Waals surface area contributed by atoms with Crippen molar-refractivity contribution in [2.45, 2.75) is 52.1 Å². The summed E-state index contributed by atoms with van der Waals surface area (Å²) in [7, 11) is 1.54. The van der Waals surface area contributed by atoms with Gasteiger partial charge in [0.15, 0.2) is 0 Å². The highest BCUT2D eigenvalue weighted by Crippen LogP contribution is 2.25. The maximum atomic E-state index is 12.7. The number of hydrogen-bond donors (Lipinski definition) is 1. The van der Waals surface area contributed by atoms with Crippen molar-refractivity contribution in [2.24, 2.45) is 0 Å². The number of carbonyl (C=O) groups is 1. The number of ether oxygens (including phenoxy) is 2. The van der Waals surface area contributed by atoms with Gasteiger partial charge in [-0.15, -0.1) is 0 Å². The fourth-order valence-corrected chi connectivity index (χ4v) is 2.20. The van der Waals surface area contributed by atoms with Crippen molar-refractivity contribution in [1.82, 2.24) is 0 Å². The standard InChI is InChI=1S/C18H26N2O3/c1-5-7-10-18(3,23-11-6-2)17(21)20-16-9-8-15(22-4)12-14(16)13-19/h8-9,12H,5-7,10-11H2,1-4H3,(H,20,21). The quantitative estimate of drug-likeness (QED) is 0.750. The van der Waals surface area contributed by atoms with Crippen LogP contribution in [0.15, 0.2) is 18.2 Å². The zero-order chi connectivity index (χ0) is 17.3. The van der Waals surface area contributed by atoms with Crippen LogP contribution < -0.4 is 10.1 Å². The van der Waals surface area contributed by atoms with Crippen molar-refractivity contribution in [3.8, 4) is 11.8 Å². The molecule has 0 radical (unpaired) electrons. The molecule has 0 fully saturated rings. The van der Waals surface area contributed by atoms with E-state index < -0.39 is 5.60 Å². The van der Waals surface area contributed by atoms with E-state index in [2.05, 4.69) is 18.3 Å². The van der Waals surface area contributed by atoms with Gasteiger partial charge in [-0.1, -0.05) is 26.7 Å². The van der Waals surface area contributed by atoms with Crippen LogP contribution in [-0.2, 0) is 9.53 Å². The molecule has 0 saturated carbocycles. The van der Waals surface area contributed by atoms with E-state index in [0.717, 1.165) is 19.3 Å². The van der Waals surface area contributed by atoms with Gasteiger partial charge in [0.1, 0.15) is 17.4 Å². The van der Waals surface area contributed by atoms with Crippen LogP contribution in [0.1, 0.15) is 52.0 Å². The summed E-state index contributed by atoms with van der Waals surface area (Å²) in [6.45, 7) is 6.43. The third-order valence-electron chi connectivity index (χ3n) is 3.71. The average molecular weight is 318 g/mol. The molecule has 23 heavy (non-hydrogen) atoms. The van der Waals surface area contributed by atoms with E-state index in [1.165, 1.54) is 7.11 Å². The molecule has 0 bridgehead atoms. The number of rotatable bonds is 9. The predicted octanol–water partition coefficient (Wildman–Crippen LogP) is 3.88. The zero-order valence-corrected chi connectivity index (χ0v) is 14.4. The second kappa shape index (κ2) is 9.16. The van der Waals surface area contributed by atoms with Crippen LogP contribution in [0.25, 0.3) is 0 Å². The van der Waals surface area contributed by atoms with Crippen molar-refractivity contribution in [1.29, 1.82) is 5.26 Å². The molecule has 1 N–H and O–H groups in total. The maximum Gasteiger partial charge on any atom is 0.256 e. The van der Waals surface area contributed by atoms with Gasteiger partial charge in [-0.3, -0.25) is 4.79 Å². The molecule has 1 atom stereocenters. The Morgan fingerprint density at radius 2 is 2.09 bits per heavy atom. The third kappa shape index (κ3) is 5.26. The number of benzene rings is 1. The van der Waals surface area contributed by atoms with Crippen LogP contribution >= 0.6 is 0 Å². The molecule has 1 aromatic rings. The van der Waals surface area contributed by atoms with Crippen molar-refractivity contribution < 1.29 is 14.3 Å². The lowest BCUT2D eigenvalue weighted by molar-refractivity contribution is -0.140. The van der Waals surface area contributed by atoms with Gasteiger partial charge in [-0.05, 0) is 38.0 Å². The van der Waals surface area contributed by atoms with Gasteiger partial charge in [0.25, 0.3) is 5.91 Å². The van der Waals surface area contributed by atoms with E-state index in [1.807, 2.05) is 13.8 Å². The molecular formula is C18H26N2O3. The van der Waals surface area contributed by atoms with E-state index in [4.69, 9.17) is 9.47 Å². The summed E-state index contributed by atoms with van der Waals surface area (Å²) < 4.78 is 10.9. The summed E-state index contributed by atoms with van der Waals surface area (Å²) in [6, 6.07) is 7.07. The molecular weight excluding hydrogens is 292 g/mol. The van der Waals surface area contributed by atoms with Gasteiger partial charge in [0.2, 0.25) is 0 Å². The number of anilines is 1. The lowest BCUT2D eigenvalue weighted by Gasteiger charge is -2.28. The number of nitrogens with zero attached hydrogens (tertiary/aromatic N) is 1. The van der Waals surface area contributed by atoms with Crippen molar-refractivity contribution in [3.05, 3.63) is 23.8 Å². The highest BCUT2D eigenvalue weighted by Gasteiger charge is 2.33. The van der Waals surface area contributed by atoms with E-state index >= 15 is 0 Å². The highest BCUT2D eigenvalue weighted by atomic mass is 16.5. The first-order chi connectivity index (χ1) is 11.0. The maximum absolute atomic E-state index is 12.7. The summed E-state index contributed by atoms with van der Waals surface area (Å²) in [5.74, 6) is 0.358. The molecule has 5 heteroatoms. The first kappa shape index (κ1) is 19.0. The zero-order valence-electron chi connectivity index (χ0n) is 14.4. The molecule has 0 aliphatic carbocycles. The van der Waals surface area contributed by atoms with Crippen LogP contribution in [0.3, 0.4) is 0 Å². The Bertz CT molecular complexity index is 556. The number of methoxy groups -OCH3 is 1. The average Bonchev–Trinajstić information content (AvgIpc) is 2.58. The number of unbranched alkanes of at least 4 members (excludes halogenated alkanes) is 1. The predicted molar refractivity (Wildman–Crippen MR) is 90.5 cm³/mol. The van der Waals surface area contributed by atoms with Crippen molar-refractivity contribution in [2.75, 3.05) is 19.0 Å². The van der Waals surface area contributed by atoms with Crippen LogP contribution in [0.2, 0.25) is 0 Å². The Labute approximate surface area is 138 Å². The molecule has 5 nitrogen and oxygen atoms in total. The molecule has 1 aromatic carbocycles. The van der Waals surface area contributed by atoms with Gasteiger partial charge in [-0.25, -0.2) is 0 Å². The number of hydrogen-bond acceptors (Lipinski definition) is 4. The number of nitriles is 1. The second-order valence-corrected chi connectivity index (χ2v) is 5.66. The van der Waals surface area contributed by atoms with Crippen LogP contribution in [0.5, 0.6) is 5.75 Å². The SMILES string of the molecule is CCCCC(C)(OCCC)C(=O)Nc1ccc(OC)cc1C#N. The Hall–Kier alpha value is -2.06. The Balaban J connectivity index is 2.95. The highest BCUT2D eigenvalue weighted by molar-refractivity contribution is 5.98. The minimum atomic E-state index is -0.890. The minimum absolute atomic E-state index is 0.221. The fourth-order valence-electron chi connectivity index (χ4n) is 2.20. The molecule has 1 amide bonds. The molecule has 0 heterocycles. The van der Waals surface area contributed by atoms with Crippen LogP contribution in [-0.4, -0.2) is 25.2 Å².